The number of carboxylic acids is 1. The number of para-hydroxylation sites is 1. The summed E-state index contributed by atoms with van der Waals surface area (Å²) >= 11 is 0. The number of nitrogens with zero attached hydrogens (tertiary/aromatic N) is 3. The van der Waals surface area contributed by atoms with Gasteiger partial charge in [0.05, 0.1) is 19.0 Å². The summed E-state index contributed by atoms with van der Waals surface area (Å²) in [5, 5.41) is 8.84. The molecule has 3 rings (SSSR count). The van der Waals surface area contributed by atoms with Crippen LogP contribution in [0.5, 0.6) is 5.75 Å². The molecule has 23 heavy (non-hydrogen) atoms. The van der Waals surface area contributed by atoms with Crippen molar-refractivity contribution in [2.75, 3.05) is 24.6 Å². The standard InChI is InChI=1S/C17H19N3O3/c21-17(22)15-10-19-16(11-18-15)20-8-6-13(7-9-20)12-23-14-4-2-1-3-5-14/h1-5,10-11,13H,6-9,12H2,(H,21,22). The lowest BCUT2D eigenvalue weighted by molar-refractivity contribution is 0.0690. The zero-order valence-electron chi connectivity index (χ0n) is 12.8. The fraction of sp³-hybridized carbons (Fsp3) is 0.353. The minimum Gasteiger partial charge on any atom is -0.493 e. The normalized spacial score (nSPS) is 15.4. The fourth-order valence-electron chi connectivity index (χ4n) is 2.65. The van der Waals surface area contributed by atoms with E-state index in [1.165, 1.54) is 12.4 Å². The van der Waals surface area contributed by atoms with Gasteiger partial charge in [-0.05, 0) is 30.9 Å². The first-order valence-corrected chi connectivity index (χ1v) is 7.70. The second-order valence-electron chi connectivity index (χ2n) is 5.62. The van der Waals surface area contributed by atoms with E-state index in [4.69, 9.17) is 9.84 Å². The van der Waals surface area contributed by atoms with Crippen molar-refractivity contribution in [1.29, 1.82) is 0 Å². The van der Waals surface area contributed by atoms with E-state index in [0.717, 1.165) is 44.1 Å². The van der Waals surface area contributed by atoms with E-state index in [1.807, 2.05) is 30.3 Å². The lowest BCUT2D eigenvalue weighted by Crippen LogP contribution is -2.36. The predicted octanol–water partition coefficient (Wildman–Crippen LogP) is 2.47. The number of hydrogen-bond acceptors (Lipinski definition) is 5. The first-order chi connectivity index (χ1) is 11.2. The molecule has 0 saturated carbocycles. The van der Waals surface area contributed by atoms with Gasteiger partial charge in [-0.3, -0.25) is 0 Å². The summed E-state index contributed by atoms with van der Waals surface area (Å²) in [7, 11) is 0. The Morgan fingerprint density at radius 1 is 1.17 bits per heavy atom. The molecule has 2 aromatic rings. The lowest BCUT2D eigenvalue weighted by Gasteiger charge is -2.32. The van der Waals surface area contributed by atoms with Crippen molar-refractivity contribution in [2.24, 2.45) is 5.92 Å². The van der Waals surface area contributed by atoms with Crippen LogP contribution in [0.25, 0.3) is 0 Å². The minimum absolute atomic E-state index is 0.0279. The van der Waals surface area contributed by atoms with Gasteiger partial charge in [0.25, 0.3) is 0 Å². The number of piperidine rings is 1. The second-order valence-corrected chi connectivity index (χ2v) is 5.62. The molecule has 2 heterocycles. The molecule has 1 aliphatic heterocycles. The molecule has 1 aromatic heterocycles. The van der Waals surface area contributed by atoms with Crippen LogP contribution in [0.15, 0.2) is 42.7 Å². The van der Waals surface area contributed by atoms with Crippen molar-refractivity contribution in [3.8, 4) is 5.75 Å². The van der Waals surface area contributed by atoms with Crippen LogP contribution in [0.1, 0.15) is 23.3 Å². The summed E-state index contributed by atoms with van der Waals surface area (Å²) in [5.41, 5.74) is -0.0279. The van der Waals surface area contributed by atoms with E-state index < -0.39 is 5.97 Å². The van der Waals surface area contributed by atoms with Crippen LogP contribution >= 0.6 is 0 Å². The summed E-state index contributed by atoms with van der Waals surface area (Å²) in [6.45, 7) is 2.48. The average Bonchev–Trinajstić information content (AvgIpc) is 2.61. The summed E-state index contributed by atoms with van der Waals surface area (Å²) in [4.78, 5) is 21.0. The predicted molar refractivity (Wildman–Crippen MR) is 85.9 cm³/mol. The van der Waals surface area contributed by atoms with Crippen LogP contribution in [-0.2, 0) is 0 Å². The Morgan fingerprint density at radius 3 is 2.52 bits per heavy atom. The van der Waals surface area contributed by atoms with Crippen LogP contribution in [0.3, 0.4) is 0 Å². The highest BCUT2D eigenvalue weighted by Gasteiger charge is 2.21. The second kappa shape index (κ2) is 7.09. The Balaban J connectivity index is 1.49. The molecule has 1 N–H and O–H groups in total. The highest BCUT2D eigenvalue weighted by Crippen LogP contribution is 2.22. The van der Waals surface area contributed by atoms with Gasteiger partial charge in [0.2, 0.25) is 0 Å². The van der Waals surface area contributed by atoms with Gasteiger partial charge in [-0.2, -0.15) is 0 Å². The average molecular weight is 313 g/mol. The third-order valence-corrected chi connectivity index (χ3v) is 4.02. The molecular weight excluding hydrogens is 294 g/mol. The van der Waals surface area contributed by atoms with Gasteiger partial charge in [-0.15, -0.1) is 0 Å². The van der Waals surface area contributed by atoms with Crippen LogP contribution in [-0.4, -0.2) is 40.7 Å². The van der Waals surface area contributed by atoms with Gasteiger partial charge in [0.15, 0.2) is 5.69 Å². The highest BCUT2D eigenvalue weighted by atomic mass is 16.5. The summed E-state index contributed by atoms with van der Waals surface area (Å²) in [6.07, 6.45) is 4.89. The van der Waals surface area contributed by atoms with Crippen molar-refractivity contribution in [3.05, 3.63) is 48.4 Å². The quantitative estimate of drug-likeness (QED) is 0.914. The molecule has 1 aliphatic rings. The largest absolute Gasteiger partial charge is 0.493 e. The number of aromatic carboxylic acids is 1. The van der Waals surface area contributed by atoms with Crippen molar-refractivity contribution >= 4 is 11.8 Å². The number of anilines is 1. The molecule has 1 fully saturated rings. The molecule has 0 amide bonds. The highest BCUT2D eigenvalue weighted by molar-refractivity contribution is 5.84. The summed E-state index contributed by atoms with van der Waals surface area (Å²) < 4.78 is 5.82. The van der Waals surface area contributed by atoms with E-state index in [2.05, 4.69) is 14.9 Å². The number of carboxylic acid groups (broad SMARTS) is 1. The Labute approximate surface area is 134 Å². The molecule has 1 aromatic carbocycles. The summed E-state index contributed by atoms with van der Waals surface area (Å²) in [5.74, 6) is 1.11. The van der Waals surface area contributed by atoms with E-state index >= 15 is 0 Å². The van der Waals surface area contributed by atoms with E-state index in [1.54, 1.807) is 0 Å². The zero-order chi connectivity index (χ0) is 16.1. The number of rotatable bonds is 5. The third-order valence-electron chi connectivity index (χ3n) is 4.02. The monoisotopic (exact) mass is 313 g/mol. The molecule has 120 valence electrons. The Morgan fingerprint density at radius 2 is 1.91 bits per heavy atom. The maximum atomic E-state index is 10.8. The molecule has 0 unspecified atom stereocenters. The van der Waals surface area contributed by atoms with Crippen molar-refractivity contribution in [3.63, 3.8) is 0 Å². The molecule has 6 heteroatoms. The lowest BCUT2D eigenvalue weighted by atomic mass is 9.98. The van der Waals surface area contributed by atoms with Gasteiger partial charge < -0.3 is 14.7 Å². The fourth-order valence-corrected chi connectivity index (χ4v) is 2.65. The van der Waals surface area contributed by atoms with Gasteiger partial charge in [-0.1, -0.05) is 18.2 Å². The van der Waals surface area contributed by atoms with Crippen molar-refractivity contribution in [2.45, 2.75) is 12.8 Å². The smallest absolute Gasteiger partial charge is 0.356 e. The Bertz CT molecular complexity index is 638. The summed E-state index contributed by atoms with van der Waals surface area (Å²) in [6, 6.07) is 9.85. The SMILES string of the molecule is O=C(O)c1cnc(N2CCC(COc3ccccc3)CC2)cn1. The van der Waals surface area contributed by atoms with Crippen molar-refractivity contribution < 1.29 is 14.6 Å². The van der Waals surface area contributed by atoms with Crippen molar-refractivity contribution in [1.82, 2.24) is 9.97 Å². The maximum Gasteiger partial charge on any atom is 0.356 e. The molecule has 0 atom stereocenters. The van der Waals surface area contributed by atoms with Gasteiger partial charge >= 0.3 is 5.97 Å². The first-order valence-electron chi connectivity index (χ1n) is 7.70. The molecule has 0 bridgehead atoms. The zero-order valence-corrected chi connectivity index (χ0v) is 12.8. The Kier molecular flexibility index (Phi) is 4.71. The van der Waals surface area contributed by atoms with Crippen LogP contribution in [0, 0.1) is 5.92 Å². The van der Waals surface area contributed by atoms with Crippen LogP contribution in [0.4, 0.5) is 5.82 Å². The molecule has 0 radical (unpaired) electrons. The third kappa shape index (κ3) is 3.97. The van der Waals surface area contributed by atoms with Gasteiger partial charge in [0.1, 0.15) is 11.6 Å². The number of ether oxygens (including phenoxy) is 1. The van der Waals surface area contributed by atoms with Gasteiger partial charge in [0, 0.05) is 13.1 Å². The first kappa shape index (κ1) is 15.3. The van der Waals surface area contributed by atoms with E-state index in [9.17, 15) is 4.79 Å². The molecule has 6 nitrogen and oxygen atoms in total. The number of hydrogen-bond donors (Lipinski definition) is 1. The van der Waals surface area contributed by atoms with Crippen LogP contribution in [0.2, 0.25) is 0 Å². The molecule has 1 saturated heterocycles. The molecular formula is C17H19N3O3. The maximum absolute atomic E-state index is 10.8. The Hall–Kier alpha value is -2.63. The van der Waals surface area contributed by atoms with Crippen LogP contribution < -0.4 is 9.64 Å². The molecule has 0 spiro atoms. The van der Waals surface area contributed by atoms with Gasteiger partial charge in [-0.25, -0.2) is 14.8 Å². The topological polar surface area (TPSA) is 75.5 Å². The molecule has 0 aliphatic carbocycles. The number of carbonyl (C=O) groups is 1. The van der Waals surface area contributed by atoms with E-state index in [0.29, 0.717) is 5.92 Å². The number of benzene rings is 1. The minimum atomic E-state index is -1.05. The van der Waals surface area contributed by atoms with E-state index in [-0.39, 0.29) is 5.69 Å². The number of aromatic nitrogens is 2.